The van der Waals surface area contributed by atoms with Gasteiger partial charge in [-0.25, -0.2) is 8.42 Å². The minimum absolute atomic E-state index is 0.170. The van der Waals surface area contributed by atoms with E-state index in [9.17, 15) is 13.5 Å². The molecule has 1 unspecified atom stereocenters. The van der Waals surface area contributed by atoms with E-state index in [1.165, 1.54) is 0 Å². The number of hydrogen-bond donors (Lipinski definition) is 2. The minimum Gasteiger partial charge on any atom is -0.389 e. The smallest absolute Gasteiger partial charge is 0.150 e. The summed E-state index contributed by atoms with van der Waals surface area (Å²) in [6.07, 6.45) is 1.03. The van der Waals surface area contributed by atoms with Crippen LogP contribution in [0.1, 0.15) is 26.7 Å². The average Bonchev–Trinajstić information content (AvgIpc) is 2.03. The molecular formula is C9H21NO3S. The molecule has 2 N–H and O–H groups in total. The van der Waals surface area contributed by atoms with Gasteiger partial charge in [-0.2, -0.15) is 0 Å². The number of nitrogens with one attached hydrogen (secondary N) is 1. The van der Waals surface area contributed by atoms with Crippen LogP contribution in [-0.4, -0.2) is 44.2 Å². The number of likely N-dealkylation sites (N-methyl/N-ethyl adjacent to an activating group) is 1. The molecule has 0 amide bonds. The number of aliphatic hydroxyl groups is 1. The van der Waals surface area contributed by atoms with E-state index < -0.39 is 15.4 Å². The van der Waals surface area contributed by atoms with Gasteiger partial charge in [0.25, 0.3) is 0 Å². The normalized spacial score (nSPS) is 16.6. The molecule has 0 spiro atoms. The molecule has 0 heterocycles. The second kappa shape index (κ2) is 5.68. The van der Waals surface area contributed by atoms with Gasteiger partial charge in [0.2, 0.25) is 0 Å². The summed E-state index contributed by atoms with van der Waals surface area (Å²) in [4.78, 5) is 0. The maximum absolute atomic E-state index is 11.1. The first-order valence-electron chi connectivity index (χ1n) is 4.90. The van der Waals surface area contributed by atoms with E-state index in [1.807, 2.05) is 0 Å². The molecule has 86 valence electrons. The molecule has 0 aromatic carbocycles. The largest absolute Gasteiger partial charge is 0.389 e. The summed E-state index contributed by atoms with van der Waals surface area (Å²) in [7, 11) is -1.13. The topological polar surface area (TPSA) is 66.4 Å². The highest BCUT2D eigenvalue weighted by molar-refractivity contribution is 7.91. The number of sulfone groups is 1. The highest BCUT2D eigenvalue weighted by Crippen LogP contribution is 2.11. The van der Waals surface area contributed by atoms with Crippen molar-refractivity contribution in [2.75, 3.05) is 25.1 Å². The molecule has 4 nitrogen and oxygen atoms in total. The van der Waals surface area contributed by atoms with Crippen LogP contribution >= 0.6 is 0 Å². The van der Waals surface area contributed by atoms with Crippen molar-refractivity contribution < 1.29 is 13.5 Å². The summed E-state index contributed by atoms with van der Waals surface area (Å²) < 4.78 is 22.3. The Labute approximate surface area is 86.6 Å². The molecule has 1 atom stereocenters. The molecule has 0 aromatic rings. The van der Waals surface area contributed by atoms with E-state index in [0.717, 1.165) is 0 Å². The summed E-state index contributed by atoms with van der Waals surface area (Å²) in [6.45, 7) is 3.84. The first kappa shape index (κ1) is 13.9. The summed E-state index contributed by atoms with van der Waals surface area (Å²) >= 11 is 0. The molecule has 0 aliphatic heterocycles. The quantitative estimate of drug-likeness (QED) is 0.646. The molecule has 0 aliphatic carbocycles. The third-order valence-corrected chi connectivity index (χ3v) is 3.96. The molecular weight excluding hydrogens is 202 g/mol. The van der Waals surface area contributed by atoms with Crippen LogP contribution in [0.15, 0.2) is 0 Å². The van der Waals surface area contributed by atoms with Gasteiger partial charge in [-0.15, -0.1) is 0 Å². The van der Waals surface area contributed by atoms with E-state index in [-0.39, 0.29) is 11.5 Å². The zero-order chi connectivity index (χ0) is 11.2. The highest BCUT2D eigenvalue weighted by atomic mass is 32.2. The zero-order valence-corrected chi connectivity index (χ0v) is 10.0. The van der Waals surface area contributed by atoms with E-state index in [1.54, 1.807) is 20.9 Å². The van der Waals surface area contributed by atoms with E-state index in [0.29, 0.717) is 19.4 Å². The fraction of sp³-hybridized carbons (Fsp3) is 1.00. The van der Waals surface area contributed by atoms with Crippen LogP contribution in [0.4, 0.5) is 0 Å². The Morgan fingerprint density at radius 2 is 2.00 bits per heavy atom. The minimum atomic E-state index is -2.89. The Morgan fingerprint density at radius 3 is 2.43 bits per heavy atom. The molecule has 5 heteroatoms. The van der Waals surface area contributed by atoms with Gasteiger partial charge in [0.15, 0.2) is 0 Å². The van der Waals surface area contributed by atoms with Crippen molar-refractivity contribution in [3.05, 3.63) is 0 Å². The van der Waals surface area contributed by atoms with Gasteiger partial charge in [0, 0.05) is 12.3 Å². The van der Waals surface area contributed by atoms with Crippen LogP contribution in [0.2, 0.25) is 0 Å². The standard InChI is InChI=1S/C9H21NO3S/c1-4-14(12,13)7-5-6-9(2,11)8-10-3/h10-11H,4-8H2,1-3H3. The lowest BCUT2D eigenvalue weighted by molar-refractivity contribution is 0.0523. The SMILES string of the molecule is CCS(=O)(=O)CCCC(C)(O)CNC. The van der Waals surface area contributed by atoms with E-state index in [4.69, 9.17) is 0 Å². The zero-order valence-electron chi connectivity index (χ0n) is 9.21. The van der Waals surface area contributed by atoms with Crippen LogP contribution < -0.4 is 5.32 Å². The van der Waals surface area contributed by atoms with Gasteiger partial charge < -0.3 is 10.4 Å². The molecule has 0 radical (unpaired) electrons. The van der Waals surface area contributed by atoms with Crippen molar-refractivity contribution >= 4 is 9.84 Å². The monoisotopic (exact) mass is 223 g/mol. The van der Waals surface area contributed by atoms with Gasteiger partial charge in [0.05, 0.1) is 11.4 Å². The van der Waals surface area contributed by atoms with Crippen LogP contribution in [-0.2, 0) is 9.84 Å². The molecule has 0 saturated heterocycles. The average molecular weight is 223 g/mol. The molecule has 0 rings (SSSR count). The van der Waals surface area contributed by atoms with Crippen molar-refractivity contribution in [1.82, 2.24) is 5.32 Å². The predicted octanol–water partition coefficient (Wildman–Crippen LogP) is 0.172. The lowest BCUT2D eigenvalue weighted by Gasteiger charge is -2.22. The molecule has 0 aromatic heterocycles. The Hall–Kier alpha value is -0.130. The fourth-order valence-electron chi connectivity index (χ4n) is 1.29. The second-order valence-electron chi connectivity index (χ2n) is 3.87. The molecule has 0 fully saturated rings. The summed E-state index contributed by atoms with van der Waals surface area (Å²) in [5, 5.41) is 12.6. The van der Waals surface area contributed by atoms with Crippen LogP contribution in [0, 0.1) is 0 Å². The Kier molecular flexibility index (Phi) is 5.63. The third-order valence-electron chi connectivity index (χ3n) is 2.17. The van der Waals surface area contributed by atoms with Crippen molar-refractivity contribution in [2.45, 2.75) is 32.3 Å². The lowest BCUT2D eigenvalue weighted by Crippen LogP contribution is -2.36. The maximum atomic E-state index is 11.1. The molecule has 14 heavy (non-hydrogen) atoms. The molecule has 0 bridgehead atoms. The van der Waals surface area contributed by atoms with Crippen molar-refractivity contribution in [3.8, 4) is 0 Å². The Balaban J connectivity index is 3.85. The summed E-state index contributed by atoms with van der Waals surface area (Å²) in [5.41, 5.74) is -0.808. The third kappa shape index (κ3) is 6.34. The molecule has 0 saturated carbocycles. The van der Waals surface area contributed by atoms with Gasteiger partial charge >= 0.3 is 0 Å². The van der Waals surface area contributed by atoms with Gasteiger partial charge in [0.1, 0.15) is 9.84 Å². The predicted molar refractivity (Wildman–Crippen MR) is 58.1 cm³/mol. The Bertz CT molecular complexity index is 247. The van der Waals surface area contributed by atoms with Crippen molar-refractivity contribution in [1.29, 1.82) is 0 Å². The Morgan fingerprint density at radius 1 is 1.43 bits per heavy atom. The van der Waals surface area contributed by atoms with Gasteiger partial charge in [-0.3, -0.25) is 0 Å². The summed E-state index contributed by atoms with van der Waals surface area (Å²) in [5.74, 6) is 0.352. The van der Waals surface area contributed by atoms with E-state index >= 15 is 0 Å². The molecule has 0 aliphatic rings. The number of hydrogen-bond acceptors (Lipinski definition) is 4. The van der Waals surface area contributed by atoms with Gasteiger partial charge in [-0.05, 0) is 26.8 Å². The first-order chi connectivity index (χ1) is 6.33. The summed E-state index contributed by atoms with van der Waals surface area (Å²) in [6, 6.07) is 0. The fourth-order valence-corrected chi connectivity index (χ4v) is 2.16. The van der Waals surface area contributed by atoms with Crippen LogP contribution in [0.5, 0.6) is 0 Å². The lowest BCUT2D eigenvalue weighted by atomic mass is 10.0. The van der Waals surface area contributed by atoms with Crippen LogP contribution in [0.3, 0.4) is 0 Å². The second-order valence-corrected chi connectivity index (χ2v) is 6.34. The van der Waals surface area contributed by atoms with Crippen molar-refractivity contribution in [3.63, 3.8) is 0 Å². The van der Waals surface area contributed by atoms with Crippen molar-refractivity contribution in [2.24, 2.45) is 0 Å². The van der Waals surface area contributed by atoms with E-state index in [2.05, 4.69) is 5.32 Å². The number of rotatable bonds is 7. The van der Waals surface area contributed by atoms with Crippen LogP contribution in [0.25, 0.3) is 0 Å². The first-order valence-corrected chi connectivity index (χ1v) is 6.72. The maximum Gasteiger partial charge on any atom is 0.150 e. The highest BCUT2D eigenvalue weighted by Gasteiger charge is 2.19. The van der Waals surface area contributed by atoms with Gasteiger partial charge in [-0.1, -0.05) is 6.92 Å².